The van der Waals surface area contributed by atoms with Crippen LogP contribution in [0.3, 0.4) is 0 Å². The average Bonchev–Trinajstić information content (AvgIpc) is 3.30. The molecular weight excluding hydrogens is 370 g/mol. The summed E-state index contributed by atoms with van der Waals surface area (Å²) in [6.07, 6.45) is 1.43. The molecule has 0 aliphatic rings. The number of aryl methyl sites for hydroxylation is 2. The Morgan fingerprint density at radius 3 is 2.65 bits per heavy atom. The highest BCUT2D eigenvalue weighted by molar-refractivity contribution is 7.91. The Hall–Kier alpha value is -2.38. The smallest absolute Gasteiger partial charge is 0.261 e. The molecule has 136 valence electrons. The number of rotatable bonds is 6. The summed E-state index contributed by atoms with van der Waals surface area (Å²) in [5, 5.41) is 3.51. The lowest BCUT2D eigenvalue weighted by Gasteiger charge is -2.18. The minimum atomic E-state index is -3.75. The lowest BCUT2D eigenvalue weighted by Crippen LogP contribution is -2.31. The van der Waals surface area contributed by atoms with Crippen molar-refractivity contribution in [2.75, 3.05) is 6.54 Å². The van der Waals surface area contributed by atoms with Gasteiger partial charge in [0.05, 0.1) is 16.0 Å². The van der Waals surface area contributed by atoms with E-state index in [1.54, 1.807) is 48.7 Å². The second-order valence-electron chi connectivity index (χ2n) is 6.01. The normalized spacial score (nSPS) is 12.7. The summed E-state index contributed by atoms with van der Waals surface area (Å²) < 4.78 is 32.0. The van der Waals surface area contributed by atoms with E-state index in [1.807, 2.05) is 13.0 Å². The third-order valence-electron chi connectivity index (χ3n) is 4.08. The van der Waals surface area contributed by atoms with Crippen LogP contribution in [0.1, 0.15) is 31.8 Å². The molecule has 5 nitrogen and oxygen atoms in total. The Labute approximate surface area is 156 Å². The van der Waals surface area contributed by atoms with Gasteiger partial charge < -0.3 is 9.73 Å². The van der Waals surface area contributed by atoms with E-state index < -0.39 is 15.1 Å². The van der Waals surface area contributed by atoms with Gasteiger partial charge in [0.2, 0.25) is 0 Å². The Bertz CT molecular complexity index is 990. The van der Waals surface area contributed by atoms with E-state index in [-0.39, 0.29) is 17.3 Å². The van der Waals surface area contributed by atoms with E-state index in [0.717, 1.165) is 5.56 Å². The predicted molar refractivity (Wildman–Crippen MR) is 101 cm³/mol. The van der Waals surface area contributed by atoms with Gasteiger partial charge in [0.25, 0.3) is 5.91 Å². The van der Waals surface area contributed by atoms with Crippen LogP contribution >= 0.6 is 11.3 Å². The van der Waals surface area contributed by atoms with Gasteiger partial charge >= 0.3 is 0 Å². The lowest BCUT2D eigenvalue weighted by atomic mass is 10.2. The fourth-order valence-electron chi connectivity index (χ4n) is 2.69. The second kappa shape index (κ2) is 7.47. The summed E-state index contributed by atoms with van der Waals surface area (Å²) in [6, 6.07) is 12.0. The summed E-state index contributed by atoms with van der Waals surface area (Å²) in [4.78, 5) is 13.0. The van der Waals surface area contributed by atoms with Crippen LogP contribution in [0.25, 0.3) is 0 Å². The molecule has 2 heterocycles. The van der Waals surface area contributed by atoms with Gasteiger partial charge in [0, 0.05) is 6.54 Å². The zero-order valence-corrected chi connectivity index (χ0v) is 16.1. The van der Waals surface area contributed by atoms with Crippen LogP contribution in [0, 0.1) is 13.8 Å². The van der Waals surface area contributed by atoms with Crippen molar-refractivity contribution >= 4 is 27.1 Å². The van der Waals surface area contributed by atoms with E-state index in [4.69, 9.17) is 4.42 Å². The van der Waals surface area contributed by atoms with Crippen molar-refractivity contribution in [1.82, 2.24) is 5.32 Å². The first kappa shape index (κ1) is 18.4. The maximum atomic E-state index is 13.3. The number of carbonyl (C=O) groups excluding carboxylic acids is 1. The van der Waals surface area contributed by atoms with Crippen molar-refractivity contribution in [3.63, 3.8) is 0 Å². The Morgan fingerprint density at radius 2 is 2.00 bits per heavy atom. The zero-order valence-electron chi connectivity index (χ0n) is 14.4. The van der Waals surface area contributed by atoms with Gasteiger partial charge in [0.1, 0.15) is 11.0 Å². The molecule has 0 unspecified atom stereocenters. The number of benzene rings is 1. The summed E-state index contributed by atoms with van der Waals surface area (Å²) in [5.41, 5.74) is 1.52. The fourth-order valence-corrected chi connectivity index (χ4v) is 5.24. The first-order valence-corrected chi connectivity index (χ1v) is 10.5. The molecule has 0 bridgehead atoms. The molecule has 0 aliphatic heterocycles. The van der Waals surface area contributed by atoms with Crippen LogP contribution in [0.5, 0.6) is 0 Å². The Morgan fingerprint density at radius 1 is 1.19 bits per heavy atom. The van der Waals surface area contributed by atoms with Crippen LogP contribution in [-0.4, -0.2) is 20.9 Å². The number of hydrogen-bond acceptors (Lipinski definition) is 5. The third-order valence-corrected chi connectivity index (χ3v) is 7.15. The van der Waals surface area contributed by atoms with Gasteiger partial charge in [-0.1, -0.05) is 18.2 Å². The van der Waals surface area contributed by atoms with Crippen LogP contribution in [0.2, 0.25) is 0 Å². The van der Waals surface area contributed by atoms with Crippen molar-refractivity contribution in [3.05, 3.63) is 75.9 Å². The first-order chi connectivity index (χ1) is 12.4. The molecule has 0 saturated carbocycles. The van der Waals surface area contributed by atoms with Gasteiger partial charge in [-0.3, -0.25) is 4.79 Å². The molecule has 3 aromatic rings. The number of nitrogens with one attached hydrogen (secondary N) is 1. The number of carbonyl (C=O) groups is 1. The summed E-state index contributed by atoms with van der Waals surface area (Å²) >= 11 is 1.30. The first-order valence-electron chi connectivity index (χ1n) is 8.06. The molecule has 0 saturated heterocycles. The van der Waals surface area contributed by atoms with E-state index in [0.29, 0.717) is 16.2 Å². The van der Waals surface area contributed by atoms with Crippen molar-refractivity contribution in [2.45, 2.75) is 24.0 Å². The van der Waals surface area contributed by atoms with E-state index in [9.17, 15) is 13.2 Å². The lowest BCUT2D eigenvalue weighted by molar-refractivity contribution is 0.0957. The Kier molecular flexibility index (Phi) is 5.29. The largest absolute Gasteiger partial charge is 0.468 e. The standard InChI is InChI=1S/C19H19NO4S2/c1-13-7-8-14(2)17(11-13)26(22,23)18(15-5-3-9-24-15)12-20-19(21)16-6-4-10-25-16/h3-11,18H,12H2,1-2H3,(H,20,21)/t18-/m0/s1. The molecule has 0 aliphatic carbocycles. The summed E-state index contributed by atoms with van der Waals surface area (Å²) in [6.45, 7) is 3.54. The zero-order chi connectivity index (χ0) is 18.7. The average molecular weight is 389 g/mol. The maximum Gasteiger partial charge on any atom is 0.261 e. The van der Waals surface area contributed by atoms with Gasteiger partial charge in [-0.05, 0) is 54.6 Å². The van der Waals surface area contributed by atoms with Gasteiger partial charge in [-0.15, -0.1) is 11.3 Å². The van der Waals surface area contributed by atoms with Gasteiger partial charge in [-0.25, -0.2) is 8.42 Å². The van der Waals surface area contributed by atoms with Crippen molar-refractivity contribution in [2.24, 2.45) is 0 Å². The highest BCUT2D eigenvalue weighted by Crippen LogP contribution is 2.31. The summed E-state index contributed by atoms with van der Waals surface area (Å²) in [5.74, 6) is 0.00473. The molecule has 1 atom stereocenters. The number of sulfone groups is 1. The molecule has 1 amide bonds. The monoisotopic (exact) mass is 389 g/mol. The van der Waals surface area contributed by atoms with E-state index in [2.05, 4.69) is 5.32 Å². The number of amides is 1. The molecular formula is C19H19NO4S2. The summed E-state index contributed by atoms with van der Waals surface area (Å²) in [7, 11) is -3.75. The fraction of sp³-hybridized carbons (Fsp3) is 0.211. The van der Waals surface area contributed by atoms with E-state index in [1.165, 1.54) is 17.6 Å². The molecule has 3 rings (SSSR count). The third kappa shape index (κ3) is 3.73. The number of hydrogen-bond donors (Lipinski definition) is 1. The predicted octanol–water partition coefficient (Wildman–Crippen LogP) is 3.90. The quantitative estimate of drug-likeness (QED) is 0.694. The Balaban J connectivity index is 1.93. The van der Waals surface area contributed by atoms with E-state index >= 15 is 0 Å². The SMILES string of the molecule is Cc1ccc(C)c(S(=O)(=O)[C@@H](CNC(=O)c2cccs2)c2ccco2)c1. The van der Waals surface area contributed by atoms with Crippen LogP contribution < -0.4 is 5.32 Å². The molecule has 1 N–H and O–H groups in total. The topological polar surface area (TPSA) is 76.4 Å². The number of thiophene rings is 1. The molecule has 0 fully saturated rings. The van der Waals surface area contributed by atoms with Crippen LogP contribution in [0.4, 0.5) is 0 Å². The molecule has 2 aromatic heterocycles. The van der Waals surface area contributed by atoms with Crippen LogP contribution in [-0.2, 0) is 9.84 Å². The van der Waals surface area contributed by atoms with Crippen molar-refractivity contribution in [3.8, 4) is 0 Å². The van der Waals surface area contributed by atoms with Crippen molar-refractivity contribution in [1.29, 1.82) is 0 Å². The molecule has 0 radical (unpaired) electrons. The maximum absolute atomic E-state index is 13.3. The van der Waals surface area contributed by atoms with Gasteiger partial charge in [0.15, 0.2) is 9.84 Å². The number of furan rings is 1. The van der Waals surface area contributed by atoms with Gasteiger partial charge in [-0.2, -0.15) is 0 Å². The molecule has 1 aromatic carbocycles. The molecule has 26 heavy (non-hydrogen) atoms. The minimum absolute atomic E-state index is 0.0695. The second-order valence-corrected chi connectivity index (χ2v) is 9.05. The minimum Gasteiger partial charge on any atom is -0.468 e. The van der Waals surface area contributed by atoms with Crippen molar-refractivity contribution < 1.29 is 17.6 Å². The molecule has 7 heteroatoms. The highest BCUT2D eigenvalue weighted by atomic mass is 32.2. The molecule has 0 spiro atoms. The highest BCUT2D eigenvalue weighted by Gasteiger charge is 2.33. The van der Waals surface area contributed by atoms with Crippen LogP contribution in [0.15, 0.2) is 63.4 Å².